The van der Waals surface area contributed by atoms with Crippen molar-refractivity contribution in [2.24, 2.45) is 5.73 Å². The molecule has 9 heteroatoms. The number of benzene rings is 2. The standard InChI is InChI=1S/C17H16N6O2S/c18-15(24)11-26-14-9-5-4-8-13(14)19-16(25)10-23-21-17(20-22-23)12-6-2-1-3-7-12/h1-9H,10-11H2,(H2,18,24)(H,19,25). The van der Waals surface area contributed by atoms with Crippen LogP contribution in [0.2, 0.25) is 0 Å². The molecule has 0 unspecified atom stereocenters. The Hall–Kier alpha value is -3.20. The van der Waals surface area contributed by atoms with Crippen LogP contribution in [0.1, 0.15) is 0 Å². The predicted octanol–water partition coefficient (Wildman–Crippen LogP) is 1.56. The first-order valence-electron chi connectivity index (χ1n) is 7.75. The molecule has 3 aromatic rings. The SMILES string of the molecule is NC(=O)CSc1ccccc1NC(=O)Cn1nnc(-c2ccccc2)n1. The number of carbonyl (C=O) groups excluding carboxylic acids is 2. The lowest BCUT2D eigenvalue weighted by atomic mass is 10.2. The summed E-state index contributed by atoms with van der Waals surface area (Å²) in [5.74, 6) is -0.126. The van der Waals surface area contributed by atoms with Crippen LogP contribution in [0.15, 0.2) is 59.5 Å². The fraction of sp³-hybridized carbons (Fsp3) is 0.118. The minimum atomic E-state index is -0.420. The van der Waals surface area contributed by atoms with Gasteiger partial charge in [-0.1, -0.05) is 42.5 Å². The Balaban J connectivity index is 1.65. The number of nitrogens with two attached hydrogens (primary N) is 1. The highest BCUT2D eigenvalue weighted by Gasteiger charge is 2.11. The van der Waals surface area contributed by atoms with Crippen LogP contribution in [0, 0.1) is 0 Å². The van der Waals surface area contributed by atoms with Crippen LogP contribution < -0.4 is 11.1 Å². The zero-order chi connectivity index (χ0) is 18.4. The molecule has 0 aliphatic carbocycles. The van der Waals surface area contributed by atoms with Crippen LogP contribution in [0.25, 0.3) is 11.4 Å². The van der Waals surface area contributed by atoms with Crippen molar-refractivity contribution in [2.75, 3.05) is 11.1 Å². The summed E-state index contributed by atoms with van der Waals surface area (Å²) in [5.41, 5.74) is 6.60. The van der Waals surface area contributed by atoms with E-state index in [9.17, 15) is 9.59 Å². The zero-order valence-corrected chi connectivity index (χ0v) is 14.5. The summed E-state index contributed by atoms with van der Waals surface area (Å²) >= 11 is 1.27. The molecule has 0 saturated heterocycles. The van der Waals surface area contributed by atoms with Gasteiger partial charge >= 0.3 is 0 Å². The Labute approximate surface area is 153 Å². The Bertz CT molecular complexity index is 912. The molecule has 1 heterocycles. The Morgan fingerprint density at radius 1 is 1.08 bits per heavy atom. The lowest BCUT2D eigenvalue weighted by Crippen LogP contribution is -2.21. The number of anilines is 1. The van der Waals surface area contributed by atoms with Gasteiger partial charge in [0.1, 0.15) is 6.54 Å². The lowest BCUT2D eigenvalue weighted by molar-refractivity contribution is -0.117. The highest BCUT2D eigenvalue weighted by Crippen LogP contribution is 2.26. The van der Waals surface area contributed by atoms with Crippen molar-refractivity contribution in [2.45, 2.75) is 11.4 Å². The third kappa shape index (κ3) is 4.67. The summed E-state index contributed by atoms with van der Waals surface area (Å²) in [6.45, 7) is -0.0747. The first-order valence-corrected chi connectivity index (χ1v) is 8.73. The zero-order valence-electron chi connectivity index (χ0n) is 13.7. The number of nitrogens with one attached hydrogen (secondary N) is 1. The molecular formula is C17H16N6O2S. The Morgan fingerprint density at radius 2 is 1.81 bits per heavy atom. The highest BCUT2D eigenvalue weighted by atomic mass is 32.2. The van der Waals surface area contributed by atoms with Crippen molar-refractivity contribution in [3.05, 3.63) is 54.6 Å². The number of primary amides is 1. The van der Waals surface area contributed by atoms with Crippen LogP contribution >= 0.6 is 11.8 Å². The maximum absolute atomic E-state index is 12.3. The highest BCUT2D eigenvalue weighted by molar-refractivity contribution is 8.00. The second-order valence-corrected chi connectivity index (χ2v) is 6.33. The molecular weight excluding hydrogens is 352 g/mol. The van der Waals surface area contributed by atoms with Crippen molar-refractivity contribution in [3.8, 4) is 11.4 Å². The van der Waals surface area contributed by atoms with Gasteiger partial charge in [0, 0.05) is 10.5 Å². The summed E-state index contributed by atoms with van der Waals surface area (Å²) in [6, 6.07) is 16.6. The van der Waals surface area contributed by atoms with Gasteiger partial charge in [-0.15, -0.1) is 22.0 Å². The second-order valence-electron chi connectivity index (χ2n) is 5.31. The topological polar surface area (TPSA) is 116 Å². The van der Waals surface area contributed by atoms with Crippen LogP contribution in [-0.4, -0.2) is 37.8 Å². The Morgan fingerprint density at radius 3 is 2.58 bits per heavy atom. The van der Waals surface area contributed by atoms with Crippen LogP contribution in [0.4, 0.5) is 5.69 Å². The molecule has 1 aromatic heterocycles. The molecule has 0 spiro atoms. The quantitative estimate of drug-likeness (QED) is 0.611. The Kier molecular flexibility index (Phi) is 5.59. The molecule has 26 heavy (non-hydrogen) atoms. The summed E-state index contributed by atoms with van der Waals surface area (Å²) in [5, 5.41) is 14.9. The van der Waals surface area contributed by atoms with Crippen molar-refractivity contribution in [3.63, 3.8) is 0 Å². The van der Waals surface area contributed by atoms with E-state index >= 15 is 0 Å². The fourth-order valence-corrected chi connectivity index (χ4v) is 2.92. The van der Waals surface area contributed by atoms with Gasteiger partial charge in [-0.2, -0.15) is 4.80 Å². The minimum absolute atomic E-state index is 0.0747. The molecule has 0 atom stereocenters. The molecule has 8 nitrogen and oxygen atoms in total. The van der Waals surface area contributed by atoms with Gasteiger partial charge in [-0.25, -0.2) is 0 Å². The van der Waals surface area contributed by atoms with E-state index in [2.05, 4.69) is 20.7 Å². The third-order valence-electron chi connectivity index (χ3n) is 3.30. The van der Waals surface area contributed by atoms with Gasteiger partial charge in [0.05, 0.1) is 11.4 Å². The van der Waals surface area contributed by atoms with Gasteiger partial charge in [-0.3, -0.25) is 9.59 Å². The molecule has 2 aromatic carbocycles. The average molecular weight is 368 g/mol. The largest absolute Gasteiger partial charge is 0.369 e. The van der Waals surface area contributed by atoms with Gasteiger partial charge in [0.2, 0.25) is 17.6 Å². The predicted molar refractivity (Wildman–Crippen MR) is 98.2 cm³/mol. The number of nitrogens with zero attached hydrogens (tertiary/aromatic N) is 4. The first kappa shape index (κ1) is 17.6. The van der Waals surface area contributed by atoms with Crippen LogP contribution in [0.5, 0.6) is 0 Å². The van der Waals surface area contributed by atoms with E-state index in [1.807, 2.05) is 42.5 Å². The number of aromatic nitrogens is 4. The molecule has 0 radical (unpaired) electrons. The van der Waals surface area contributed by atoms with E-state index in [0.29, 0.717) is 11.5 Å². The maximum atomic E-state index is 12.3. The van der Waals surface area contributed by atoms with E-state index in [1.165, 1.54) is 16.6 Å². The molecule has 0 fully saturated rings. The van der Waals surface area contributed by atoms with E-state index in [0.717, 1.165) is 10.5 Å². The molecule has 3 rings (SSSR count). The monoisotopic (exact) mass is 368 g/mol. The molecule has 0 aliphatic heterocycles. The van der Waals surface area contributed by atoms with E-state index in [1.54, 1.807) is 12.1 Å². The first-order chi connectivity index (χ1) is 12.6. The molecule has 2 amide bonds. The van der Waals surface area contributed by atoms with Gasteiger partial charge in [0.25, 0.3) is 0 Å². The van der Waals surface area contributed by atoms with E-state index < -0.39 is 5.91 Å². The number of rotatable bonds is 7. The normalized spacial score (nSPS) is 10.5. The van der Waals surface area contributed by atoms with Gasteiger partial charge in [-0.05, 0) is 17.3 Å². The molecule has 132 valence electrons. The van der Waals surface area contributed by atoms with Crippen LogP contribution in [0.3, 0.4) is 0 Å². The number of tetrazole rings is 1. The summed E-state index contributed by atoms with van der Waals surface area (Å²) in [4.78, 5) is 25.2. The second kappa shape index (κ2) is 8.26. The minimum Gasteiger partial charge on any atom is -0.369 e. The fourth-order valence-electron chi connectivity index (χ4n) is 2.18. The summed E-state index contributed by atoms with van der Waals surface area (Å²) in [6.07, 6.45) is 0. The van der Waals surface area contributed by atoms with Crippen molar-refractivity contribution in [1.82, 2.24) is 20.2 Å². The number of carbonyl (C=O) groups is 2. The third-order valence-corrected chi connectivity index (χ3v) is 4.40. The van der Waals surface area contributed by atoms with Crippen LogP contribution in [-0.2, 0) is 16.1 Å². The van der Waals surface area contributed by atoms with E-state index in [4.69, 9.17) is 5.73 Å². The smallest absolute Gasteiger partial charge is 0.248 e. The van der Waals surface area contributed by atoms with Gasteiger partial charge < -0.3 is 11.1 Å². The van der Waals surface area contributed by atoms with Gasteiger partial charge in [0.15, 0.2) is 0 Å². The number of hydrogen-bond acceptors (Lipinski definition) is 6. The average Bonchev–Trinajstić information content (AvgIpc) is 3.10. The molecule has 3 N–H and O–H groups in total. The van der Waals surface area contributed by atoms with E-state index in [-0.39, 0.29) is 18.2 Å². The number of amides is 2. The summed E-state index contributed by atoms with van der Waals surface area (Å²) in [7, 11) is 0. The van der Waals surface area contributed by atoms with Crippen molar-refractivity contribution < 1.29 is 9.59 Å². The maximum Gasteiger partial charge on any atom is 0.248 e. The lowest BCUT2D eigenvalue weighted by Gasteiger charge is -2.09. The summed E-state index contributed by atoms with van der Waals surface area (Å²) < 4.78 is 0. The molecule has 0 aliphatic rings. The number of thioether (sulfide) groups is 1. The van der Waals surface area contributed by atoms with Crippen molar-refractivity contribution >= 4 is 29.3 Å². The molecule has 0 saturated carbocycles. The van der Waals surface area contributed by atoms with Crippen molar-refractivity contribution in [1.29, 1.82) is 0 Å². The number of para-hydroxylation sites is 1. The number of hydrogen-bond donors (Lipinski definition) is 2. The molecule has 0 bridgehead atoms.